The van der Waals surface area contributed by atoms with Crippen molar-refractivity contribution in [1.82, 2.24) is 9.55 Å². The van der Waals surface area contributed by atoms with E-state index in [1.165, 1.54) is 0 Å². The fourth-order valence-electron chi connectivity index (χ4n) is 2.53. The second-order valence-corrected chi connectivity index (χ2v) is 6.89. The Morgan fingerprint density at radius 1 is 1.14 bits per heavy atom. The van der Waals surface area contributed by atoms with Crippen molar-refractivity contribution in [3.05, 3.63) is 54.9 Å². The molecule has 0 radical (unpaired) electrons. The minimum atomic E-state index is -0.0377. The third-order valence-corrected chi connectivity index (χ3v) is 5.45. The molecule has 2 aromatic heterocycles. The van der Waals surface area contributed by atoms with Crippen molar-refractivity contribution < 1.29 is 0 Å². The lowest BCUT2D eigenvalue weighted by Crippen LogP contribution is -2.21. The number of nitrogens with zero attached hydrogens (tertiary/aromatic N) is 1. The predicted molar refractivity (Wildman–Crippen MR) is 91.6 cm³/mol. The molecule has 0 atom stereocenters. The Hall–Kier alpha value is -1.72. The second-order valence-electron chi connectivity index (χ2n) is 5.28. The monoisotopic (exact) mass is 316 g/mol. The molecule has 0 bridgehead atoms. The third-order valence-electron chi connectivity index (χ3n) is 4.04. The van der Waals surface area contributed by atoms with Crippen LogP contribution in [0.4, 0.5) is 0 Å². The van der Waals surface area contributed by atoms with E-state index in [-0.39, 0.29) is 5.56 Å². The summed E-state index contributed by atoms with van der Waals surface area (Å²) >= 11 is 7.00. The lowest BCUT2D eigenvalue weighted by atomic mass is 10.1. The molecule has 1 N–H and O–H groups in total. The van der Waals surface area contributed by atoms with Crippen molar-refractivity contribution in [3.8, 4) is 5.69 Å². The van der Waals surface area contributed by atoms with Crippen LogP contribution in [-0.4, -0.2) is 9.55 Å². The van der Waals surface area contributed by atoms with Crippen molar-refractivity contribution in [2.24, 2.45) is 0 Å². The summed E-state index contributed by atoms with van der Waals surface area (Å²) in [7, 11) is 0. The quantitative estimate of drug-likeness (QED) is 0.678. The Labute approximate surface area is 131 Å². The van der Waals surface area contributed by atoms with Gasteiger partial charge in [0.15, 0.2) is 4.77 Å². The highest BCUT2D eigenvalue weighted by atomic mass is 32.1. The zero-order valence-corrected chi connectivity index (χ0v) is 14.0. The Morgan fingerprint density at radius 3 is 2.57 bits per heavy atom. The smallest absolute Gasteiger partial charge is 0.267 e. The van der Waals surface area contributed by atoms with Crippen LogP contribution in [0.15, 0.2) is 23.0 Å². The standard InChI is InChI=1S/C16H16N2OS2/c1-8-6-5-7-12(9(8)2)18-15(19)13-10(3)11(4)21-14(13)17-16(18)20/h5-7H,1-4H3,(H,17,20). The van der Waals surface area contributed by atoms with E-state index in [1.807, 2.05) is 45.9 Å². The van der Waals surface area contributed by atoms with E-state index in [9.17, 15) is 4.79 Å². The molecular weight excluding hydrogens is 300 g/mol. The van der Waals surface area contributed by atoms with Crippen LogP contribution in [0.1, 0.15) is 21.6 Å². The van der Waals surface area contributed by atoms with Crippen molar-refractivity contribution in [3.63, 3.8) is 0 Å². The van der Waals surface area contributed by atoms with Crippen LogP contribution in [0.3, 0.4) is 0 Å². The second kappa shape index (κ2) is 4.93. The number of fused-ring (bicyclic) bond motifs is 1. The molecule has 5 heteroatoms. The van der Waals surface area contributed by atoms with Gasteiger partial charge in [-0.2, -0.15) is 0 Å². The lowest BCUT2D eigenvalue weighted by molar-refractivity contribution is 0.929. The molecule has 21 heavy (non-hydrogen) atoms. The van der Waals surface area contributed by atoms with E-state index in [2.05, 4.69) is 4.98 Å². The summed E-state index contributed by atoms with van der Waals surface area (Å²) in [5.74, 6) is 0. The maximum atomic E-state index is 12.9. The first-order valence-electron chi connectivity index (χ1n) is 6.73. The number of thiophene rings is 1. The summed E-state index contributed by atoms with van der Waals surface area (Å²) in [5, 5.41) is 0.743. The Kier molecular flexibility index (Phi) is 3.34. The molecule has 3 nitrogen and oxygen atoms in total. The summed E-state index contributed by atoms with van der Waals surface area (Å²) in [6.45, 7) is 8.06. The van der Waals surface area contributed by atoms with Gasteiger partial charge in [0.05, 0.1) is 11.1 Å². The highest BCUT2D eigenvalue weighted by molar-refractivity contribution is 7.71. The number of nitrogens with one attached hydrogen (secondary N) is 1. The molecule has 3 aromatic rings. The maximum Gasteiger partial charge on any atom is 0.267 e. The molecule has 0 saturated carbocycles. The van der Waals surface area contributed by atoms with Crippen LogP contribution < -0.4 is 5.56 Å². The highest BCUT2D eigenvalue weighted by Gasteiger charge is 2.15. The van der Waals surface area contributed by atoms with Gasteiger partial charge in [-0.15, -0.1) is 11.3 Å². The topological polar surface area (TPSA) is 37.8 Å². The predicted octanol–water partition coefficient (Wildman–Crippen LogP) is 4.34. The Bertz CT molecular complexity index is 976. The molecule has 0 aliphatic carbocycles. The summed E-state index contributed by atoms with van der Waals surface area (Å²) in [6, 6.07) is 5.93. The van der Waals surface area contributed by atoms with Gasteiger partial charge in [0.2, 0.25) is 0 Å². The molecule has 0 unspecified atom stereocenters. The molecule has 2 heterocycles. The van der Waals surface area contributed by atoms with E-state index >= 15 is 0 Å². The SMILES string of the molecule is Cc1cccc(-n2c(=S)[nH]c3sc(C)c(C)c3c2=O)c1C. The highest BCUT2D eigenvalue weighted by Crippen LogP contribution is 2.27. The third kappa shape index (κ3) is 2.08. The minimum Gasteiger partial charge on any atom is -0.323 e. The molecule has 0 fully saturated rings. The largest absolute Gasteiger partial charge is 0.323 e. The van der Waals surface area contributed by atoms with Crippen LogP contribution in [0, 0.1) is 32.5 Å². The lowest BCUT2D eigenvalue weighted by Gasteiger charge is -2.11. The molecule has 0 amide bonds. The molecule has 0 spiro atoms. The number of aromatic nitrogens is 2. The minimum absolute atomic E-state index is 0.0377. The molecular formula is C16H16N2OS2. The Morgan fingerprint density at radius 2 is 1.86 bits per heavy atom. The van der Waals surface area contributed by atoms with Gasteiger partial charge in [0.25, 0.3) is 5.56 Å². The van der Waals surface area contributed by atoms with Gasteiger partial charge < -0.3 is 4.98 Å². The molecule has 108 valence electrons. The zero-order valence-electron chi connectivity index (χ0n) is 12.4. The molecule has 0 aliphatic heterocycles. The van der Waals surface area contributed by atoms with Gasteiger partial charge in [0.1, 0.15) is 4.83 Å². The maximum absolute atomic E-state index is 12.9. The van der Waals surface area contributed by atoms with Gasteiger partial charge >= 0.3 is 0 Å². The number of hydrogen-bond donors (Lipinski definition) is 1. The number of aromatic amines is 1. The van der Waals surface area contributed by atoms with Crippen LogP contribution in [-0.2, 0) is 0 Å². The number of aryl methyl sites for hydroxylation is 3. The van der Waals surface area contributed by atoms with Crippen LogP contribution in [0.5, 0.6) is 0 Å². The van der Waals surface area contributed by atoms with Crippen LogP contribution in [0.25, 0.3) is 15.9 Å². The number of H-pyrrole nitrogens is 1. The fourth-order valence-corrected chi connectivity index (χ4v) is 3.93. The first-order chi connectivity index (χ1) is 9.91. The van der Waals surface area contributed by atoms with Crippen molar-refractivity contribution in [2.45, 2.75) is 27.7 Å². The van der Waals surface area contributed by atoms with Crippen LogP contribution >= 0.6 is 23.6 Å². The van der Waals surface area contributed by atoms with E-state index in [0.29, 0.717) is 4.77 Å². The van der Waals surface area contributed by atoms with Crippen molar-refractivity contribution >= 4 is 33.8 Å². The number of hydrogen-bond acceptors (Lipinski definition) is 3. The molecule has 0 saturated heterocycles. The first-order valence-corrected chi connectivity index (χ1v) is 7.96. The van der Waals surface area contributed by atoms with Gasteiger partial charge in [-0.05, 0) is 62.7 Å². The summed E-state index contributed by atoms with van der Waals surface area (Å²) < 4.78 is 2.06. The van der Waals surface area contributed by atoms with Gasteiger partial charge in [0, 0.05) is 4.88 Å². The Balaban J connectivity index is 2.49. The molecule has 3 rings (SSSR count). The normalized spacial score (nSPS) is 11.2. The van der Waals surface area contributed by atoms with Crippen LogP contribution in [0.2, 0.25) is 0 Å². The average molecular weight is 316 g/mol. The van der Waals surface area contributed by atoms with Crippen molar-refractivity contribution in [1.29, 1.82) is 0 Å². The van der Waals surface area contributed by atoms with E-state index in [1.54, 1.807) is 15.9 Å². The first kappa shape index (κ1) is 14.2. The fraction of sp³-hybridized carbons (Fsp3) is 0.250. The van der Waals surface area contributed by atoms with Gasteiger partial charge in [-0.25, -0.2) is 0 Å². The van der Waals surface area contributed by atoms with Crippen molar-refractivity contribution in [2.75, 3.05) is 0 Å². The van der Waals surface area contributed by atoms with E-state index in [4.69, 9.17) is 12.2 Å². The summed E-state index contributed by atoms with van der Waals surface area (Å²) in [6.07, 6.45) is 0. The van der Waals surface area contributed by atoms with E-state index < -0.39 is 0 Å². The summed E-state index contributed by atoms with van der Waals surface area (Å²) in [4.78, 5) is 18.1. The number of rotatable bonds is 1. The summed E-state index contributed by atoms with van der Waals surface area (Å²) in [5.41, 5.74) is 4.07. The van der Waals surface area contributed by atoms with Gasteiger partial charge in [-0.1, -0.05) is 12.1 Å². The van der Waals surface area contributed by atoms with Gasteiger partial charge in [-0.3, -0.25) is 9.36 Å². The molecule has 1 aromatic carbocycles. The average Bonchev–Trinajstić information content (AvgIpc) is 2.70. The number of benzene rings is 1. The zero-order chi connectivity index (χ0) is 15.3. The van der Waals surface area contributed by atoms with E-state index in [0.717, 1.165) is 37.5 Å². The molecule has 0 aliphatic rings.